The number of hydrogen-bond acceptors (Lipinski definition) is 2. The second-order valence-electron chi connectivity index (χ2n) is 4.08. The van der Waals surface area contributed by atoms with Crippen molar-refractivity contribution in [3.05, 3.63) is 53.9 Å². The van der Waals surface area contributed by atoms with Gasteiger partial charge in [-0.15, -0.1) is 0 Å². The second-order valence-corrected chi connectivity index (χ2v) is 5.19. The van der Waals surface area contributed by atoms with Crippen molar-refractivity contribution in [2.24, 2.45) is 7.05 Å². The number of hydrogen-bond donors (Lipinski definition) is 0. The normalized spacial score (nSPS) is 11.4. The number of aromatic nitrogens is 3. The molecule has 3 nitrogen and oxygen atoms in total. The summed E-state index contributed by atoms with van der Waals surface area (Å²) in [5.74, 6) is 0. The van der Waals surface area contributed by atoms with Gasteiger partial charge in [0.2, 0.25) is 0 Å². The van der Waals surface area contributed by atoms with Crippen LogP contribution < -0.4 is 4.57 Å². The summed E-state index contributed by atoms with van der Waals surface area (Å²) in [7, 11) is 2.04. The summed E-state index contributed by atoms with van der Waals surface area (Å²) in [5, 5.41) is 0. The summed E-state index contributed by atoms with van der Waals surface area (Å²) in [5.41, 5.74) is 4.38. The zero-order valence-electron chi connectivity index (χ0n) is 9.95. The summed E-state index contributed by atoms with van der Waals surface area (Å²) < 4.78 is 10.8. The van der Waals surface area contributed by atoms with Gasteiger partial charge in [0.25, 0.3) is 0 Å². The van der Waals surface area contributed by atoms with E-state index in [0.717, 1.165) is 16.6 Å². The molecule has 0 spiro atoms. The number of aryl methyl sites for hydroxylation is 1. The quantitative estimate of drug-likeness (QED) is 0.532. The fraction of sp³-hybridized carbons (Fsp3) is 0.0714. The fourth-order valence-electron chi connectivity index (χ4n) is 1.79. The zero-order chi connectivity index (χ0) is 12.4. The van der Waals surface area contributed by atoms with Crippen LogP contribution >= 0.6 is 0 Å². The Bertz CT molecular complexity index is 716. The van der Waals surface area contributed by atoms with Gasteiger partial charge in [-0.2, -0.15) is 0 Å². The van der Waals surface area contributed by atoms with Crippen molar-refractivity contribution in [2.75, 3.05) is 0 Å². The molecule has 0 saturated carbocycles. The maximum atomic E-state index is 4.39. The molecule has 88 valence electrons. The minimum absolute atomic E-state index is 0.0521. The molecule has 0 saturated heterocycles. The van der Waals surface area contributed by atoms with Crippen LogP contribution in [0.3, 0.4) is 0 Å². The van der Waals surface area contributed by atoms with Gasteiger partial charge in [-0.05, 0) is 0 Å². The SMILES string of the molecule is C[n+]1ccccc1/C=C/c1ccc2n[se]nc2c1. The number of pyridine rings is 1. The molecular weight excluding hydrogens is 289 g/mol. The molecule has 0 N–H and O–H groups in total. The molecule has 18 heavy (non-hydrogen) atoms. The predicted molar refractivity (Wildman–Crippen MR) is 73.0 cm³/mol. The van der Waals surface area contributed by atoms with E-state index in [-0.39, 0.29) is 15.0 Å². The first-order chi connectivity index (χ1) is 8.83. The van der Waals surface area contributed by atoms with E-state index in [1.807, 2.05) is 31.4 Å². The van der Waals surface area contributed by atoms with Gasteiger partial charge in [0.1, 0.15) is 0 Å². The van der Waals surface area contributed by atoms with Gasteiger partial charge in [0.15, 0.2) is 0 Å². The Hall–Kier alpha value is -1.77. The van der Waals surface area contributed by atoms with Gasteiger partial charge >= 0.3 is 112 Å². The zero-order valence-corrected chi connectivity index (χ0v) is 11.7. The molecule has 3 aromatic rings. The van der Waals surface area contributed by atoms with Gasteiger partial charge in [-0.3, -0.25) is 0 Å². The standard InChI is InChI=1S/C14H12N3Se/c1-17-9-3-2-4-12(17)7-5-11-6-8-13-14(10-11)16-18-15-13/h2-10H,1H3/q+1/b7-5+. The van der Waals surface area contributed by atoms with E-state index in [4.69, 9.17) is 0 Å². The molecule has 1 aromatic carbocycles. The van der Waals surface area contributed by atoms with Gasteiger partial charge in [0.05, 0.1) is 0 Å². The molecule has 4 heteroatoms. The van der Waals surface area contributed by atoms with Crippen molar-refractivity contribution < 1.29 is 4.57 Å². The van der Waals surface area contributed by atoms with Gasteiger partial charge in [0, 0.05) is 0 Å². The third-order valence-corrected chi connectivity index (χ3v) is 3.99. The Labute approximate surface area is 112 Å². The first-order valence-electron chi connectivity index (χ1n) is 5.68. The average Bonchev–Trinajstić information content (AvgIpc) is 2.85. The molecule has 3 rings (SSSR count). The van der Waals surface area contributed by atoms with E-state index in [0.29, 0.717) is 0 Å². The number of rotatable bonds is 2. The van der Waals surface area contributed by atoms with Crippen molar-refractivity contribution >= 4 is 38.1 Å². The third kappa shape index (κ3) is 2.26. The molecule has 0 radical (unpaired) electrons. The topological polar surface area (TPSA) is 29.7 Å². The fourth-order valence-corrected chi connectivity index (χ4v) is 2.88. The van der Waals surface area contributed by atoms with E-state index in [1.165, 1.54) is 5.69 Å². The van der Waals surface area contributed by atoms with Crippen LogP contribution in [0.2, 0.25) is 0 Å². The van der Waals surface area contributed by atoms with Crippen LogP contribution in [0, 0.1) is 0 Å². The molecule has 0 bridgehead atoms. The van der Waals surface area contributed by atoms with Crippen molar-refractivity contribution in [3.8, 4) is 0 Å². The molecule has 0 aliphatic heterocycles. The van der Waals surface area contributed by atoms with Gasteiger partial charge in [-0.25, -0.2) is 0 Å². The molecular formula is C14H12N3Se+. The van der Waals surface area contributed by atoms with Crippen LogP contribution in [0.25, 0.3) is 23.2 Å². The summed E-state index contributed by atoms with van der Waals surface area (Å²) in [6, 6.07) is 12.4. The molecule has 0 amide bonds. The summed E-state index contributed by atoms with van der Waals surface area (Å²) in [4.78, 5) is 0. The Balaban J connectivity index is 1.94. The van der Waals surface area contributed by atoms with Gasteiger partial charge < -0.3 is 0 Å². The molecule has 2 aromatic heterocycles. The van der Waals surface area contributed by atoms with Crippen LogP contribution in [0.5, 0.6) is 0 Å². The molecule has 0 fully saturated rings. The molecule has 0 atom stereocenters. The van der Waals surface area contributed by atoms with Crippen molar-refractivity contribution in [1.29, 1.82) is 0 Å². The average molecular weight is 301 g/mol. The first-order valence-corrected chi connectivity index (χ1v) is 7.21. The monoisotopic (exact) mass is 302 g/mol. The van der Waals surface area contributed by atoms with Crippen molar-refractivity contribution in [3.63, 3.8) is 0 Å². The van der Waals surface area contributed by atoms with E-state index >= 15 is 0 Å². The summed E-state index contributed by atoms with van der Waals surface area (Å²) in [6.45, 7) is 0. The number of benzene rings is 1. The number of nitrogens with zero attached hydrogens (tertiary/aromatic N) is 3. The van der Waals surface area contributed by atoms with Crippen LogP contribution in [-0.4, -0.2) is 22.9 Å². The Morgan fingerprint density at radius 1 is 1.06 bits per heavy atom. The minimum atomic E-state index is 0.0521. The van der Waals surface area contributed by atoms with Gasteiger partial charge in [-0.1, -0.05) is 0 Å². The maximum absolute atomic E-state index is 4.39. The third-order valence-electron chi connectivity index (χ3n) is 2.82. The van der Waals surface area contributed by atoms with Crippen molar-refractivity contribution in [1.82, 2.24) is 7.96 Å². The van der Waals surface area contributed by atoms with E-state index < -0.39 is 0 Å². The molecule has 0 aliphatic rings. The predicted octanol–water partition coefficient (Wildman–Crippen LogP) is 1.68. The van der Waals surface area contributed by atoms with E-state index in [9.17, 15) is 0 Å². The van der Waals surface area contributed by atoms with Crippen LogP contribution in [-0.2, 0) is 7.05 Å². The summed E-state index contributed by atoms with van der Waals surface area (Å²) in [6.07, 6.45) is 6.26. The Kier molecular flexibility index (Phi) is 3.05. The van der Waals surface area contributed by atoms with Crippen LogP contribution in [0.15, 0.2) is 42.6 Å². The molecule has 2 heterocycles. The number of fused-ring (bicyclic) bond motifs is 1. The van der Waals surface area contributed by atoms with E-state index in [1.54, 1.807) is 0 Å². The first kappa shape index (κ1) is 11.3. The van der Waals surface area contributed by atoms with Crippen LogP contribution in [0.1, 0.15) is 11.3 Å². The second kappa shape index (κ2) is 4.84. The molecule has 0 aliphatic carbocycles. The van der Waals surface area contributed by atoms with E-state index in [2.05, 4.69) is 42.9 Å². The Morgan fingerprint density at radius 2 is 1.94 bits per heavy atom. The molecule has 0 unspecified atom stereocenters. The summed E-state index contributed by atoms with van der Waals surface area (Å²) >= 11 is 0.0521. The van der Waals surface area contributed by atoms with Crippen LogP contribution in [0.4, 0.5) is 0 Å². The Morgan fingerprint density at radius 3 is 2.83 bits per heavy atom. The van der Waals surface area contributed by atoms with Crippen molar-refractivity contribution in [2.45, 2.75) is 0 Å².